The Hall–Kier alpha value is -0.250. The molecule has 4 heteroatoms. The molecule has 0 aliphatic heterocycles. The van der Waals surface area contributed by atoms with E-state index >= 15 is 0 Å². The van der Waals surface area contributed by atoms with Crippen LogP contribution in [0.15, 0.2) is 23.4 Å². The summed E-state index contributed by atoms with van der Waals surface area (Å²) in [5.74, 6) is 1.11. The fraction of sp³-hybridized carbons (Fsp3) is 0.545. The van der Waals surface area contributed by atoms with E-state index in [4.69, 9.17) is 11.6 Å². The predicted molar refractivity (Wildman–Crippen MR) is 67.7 cm³/mol. The molecule has 2 nitrogen and oxygen atoms in total. The van der Waals surface area contributed by atoms with Gasteiger partial charge in [-0.1, -0.05) is 11.6 Å². The second-order valence-electron chi connectivity index (χ2n) is 3.50. The summed E-state index contributed by atoms with van der Waals surface area (Å²) in [5.41, 5.74) is 0. The molecule has 1 rings (SSSR count). The topological polar surface area (TPSA) is 24.9 Å². The number of hydrogen-bond donors (Lipinski definition) is 1. The lowest BCUT2D eigenvalue weighted by atomic mass is 10.2. The highest BCUT2D eigenvalue weighted by molar-refractivity contribution is 7.99. The molecule has 84 valence electrons. The van der Waals surface area contributed by atoms with Crippen LogP contribution >= 0.6 is 23.4 Å². The van der Waals surface area contributed by atoms with E-state index in [1.54, 1.807) is 18.0 Å². The molecule has 0 bridgehead atoms. The minimum absolute atomic E-state index is 0.601. The Morgan fingerprint density at radius 2 is 2.33 bits per heavy atom. The molecule has 0 aliphatic rings. The largest absolute Gasteiger partial charge is 0.317 e. The molecule has 1 aromatic rings. The number of rotatable bonds is 6. The Balaban J connectivity index is 2.17. The minimum atomic E-state index is 0.601. The smallest absolute Gasteiger partial charge is 0.0960 e. The van der Waals surface area contributed by atoms with Crippen LogP contribution in [0.25, 0.3) is 0 Å². The van der Waals surface area contributed by atoms with Crippen molar-refractivity contribution in [1.82, 2.24) is 10.3 Å². The lowest BCUT2D eigenvalue weighted by Gasteiger charge is -2.08. The monoisotopic (exact) mass is 244 g/mol. The molecule has 1 atom stereocenters. The second kappa shape index (κ2) is 7.09. The van der Waals surface area contributed by atoms with Crippen molar-refractivity contribution in [3.05, 3.63) is 23.4 Å². The maximum absolute atomic E-state index is 5.75. The second-order valence-corrected chi connectivity index (χ2v) is 5.05. The van der Waals surface area contributed by atoms with E-state index in [1.807, 2.05) is 19.2 Å². The molecular formula is C11H17ClN2S. The van der Waals surface area contributed by atoms with Gasteiger partial charge in [0.05, 0.1) is 10.0 Å². The van der Waals surface area contributed by atoms with Crippen LogP contribution < -0.4 is 5.32 Å². The van der Waals surface area contributed by atoms with Crippen molar-refractivity contribution in [2.45, 2.75) is 30.8 Å². The first-order valence-electron chi connectivity index (χ1n) is 5.14. The molecule has 1 unspecified atom stereocenters. The molecular weight excluding hydrogens is 228 g/mol. The van der Waals surface area contributed by atoms with Crippen LogP contribution in [-0.2, 0) is 0 Å². The number of nitrogens with zero attached hydrogens (tertiary/aromatic N) is 1. The van der Waals surface area contributed by atoms with Crippen LogP contribution in [-0.4, -0.2) is 23.8 Å². The van der Waals surface area contributed by atoms with Gasteiger partial charge in [-0.05, 0) is 44.7 Å². The number of halogens is 1. The van der Waals surface area contributed by atoms with E-state index < -0.39 is 0 Å². The summed E-state index contributed by atoms with van der Waals surface area (Å²) in [6.07, 6.45) is 4.11. The maximum Gasteiger partial charge on any atom is 0.0960 e. The zero-order valence-corrected chi connectivity index (χ0v) is 10.7. The summed E-state index contributed by atoms with van der Waals surface area (Å²) in [6, 6.07) is 4.45. The third-order valence-electron chi connectivity index (χ3n) is 2.22. The highest BCUT2D eigenvalue weighted by Gasteiger charge is 1.99. The fourth-order valence-corrected chi connectivity index (χ4v) is 2.08. The number of thioether (sulfide) groups is 1. The molecule has 0 saturated heterocycles. The van der Waals surface area contributed by atoms with Gasteiger partial charge in [0, 0.05) is 12.2 Å². The van der Waals surface area contributed by atoms with Crippen LogP contribution in [0.2, 0.25) is 5.02 Å². The van der Waals surface area contributed by atoms with E-state index in [1.165, 1.54) is 12.8 Å². The number of nitrogens with one attached hydrogen (secondary N) is 1. The summed E-state index contributed by atoms with van der Waals surface area (Å²) in [4.78, 5) is 4.23. The first-order chi connectivity index (χ1) is 7.22. The van der Waals surface area contributed by atoms with Gasteiger partial charge in [-0.2, -0.15) is 0 Å². The van der Waals surface area contributed by atoms with Crippen molar-refractivity contribution in [2.75, 3.05) is 12.8 Å². The summed E-state index contributed by atoms with van der Waals surface area (Å²) >= 11 is 7.54. The zero-order chi connectivity index (χ0) is 11.1. The van der Waals surface area contributed by atoms with Gasteiger partial charge in [0.15, 0.2) is 0 Å². The van der Waals surface area contributed by atoms with Gasteiger partial charge < -0.3 is 5.32 Å². The van der Waals surface area contributed by atoms with Gasteiger partial charge >= 0.3 is 0 Å². The summed E-state index contributed by atoms with van der Waals surface area (Å²) in [7, 11) is 2.00. The average molecular weight is 245 g/mol. The zero-order valence-electron chi connectivity index (χ0n) is 9.16. The van der Waals surface area contributed by atoms with Crippen LogP contribution in [0.3, 0.4) is 0 Å². The molecule has 0 aliphatic carbocycles. The summed E-state index contributed by atoms with van der Waals surface area (Å²) < 4.78 is 0. The van der Waals surface area contributed by atoms with Crippen LogP contribution in [0, 0.1) is 0 Å². The van der Waals surface area contributed by atoms with Gasteiger partial charge in [0.2, 0.25) is 0 Å². The van der Waals surface area contributed by atoms with Gasteiger partial charge in [-0.25, -0.2) is 4.98 Å². The van der Waals surface area contributed by atoms with Gasteiger partial charge in [-0.15, -0.1) is 11.8 Å². The Bertz CT molecular complexity index is 276. The van der Waals surface area contributed by atoms with Crippen molar-refractivity contribution in [3.63, 3.8) is 0 Å². The average Bonchev–Trinajstić information content (AvgIpc) is 2.26. The Morgan fingerprint density at radius 3 is 2.93 bits per heavy atom. The molecule has 0 amide bonds. The number of aromatic nitrogens is 1. The van der Waals surface area contributed by atoms with Crippen LogP contribution in [0.5, 0.6) is 0 Å². The Kier molecular flexibility index (Phi) is 6.06. The first-order valence-corrected chi connectivity index (χ1v) is 6.50. The number of pyridine rings is 1. The SMILES string of the molecule is CNC(C)CCCSc1ccc(Cl)cn1. The van der Waals surface area contributed by atoms with Crippen molar-refractivity contribution >= 4 is 23.4 Å². The third-order valence-corrected chi connectivity index (χ3v) is 3.48. The van der Waals surface area contributed by atoms with E-state index in [0.29, 0.717) is 11.1 Å². The predicted octanol–water partition coefficient (Wildman–Crippen LogP) is 3.22. The van der Waals surface area contributed by atoms with E-state index in [-0.39, 0.29) is 0 Å². The lowest BCUT2D eigenvalue weighted by Crippen LogP contribution is -2.20. The first kappa shape index (κ1) is 12.8. The van der Waals surface area contributed by atoms with Crippen molar-refractivity contribution in [2.24, 2.45) is 0 Å². The van der Waals surface area contributed by atoms with Crippen LogP contribution in [0.1, 0.15) is 19.8 Å². The quantitative estimate of drug-likeness (QED) is 0.615. The third kappa shape index (κ3) is 5.40. The molecule has 1 N–H and O–H groups in total. The molecule has 0 fully saturated rings. The highest BCUT2D eigenvalue weighted by atomic mass is 35.5. The Morgan fingerprint density at radius 1 is 1.53 bits per heavy atom. The molecule has 1 aromatic heterocycles. The highest BCUT2D eigenvalue weighted by Crippen LogP contribution is 2.18. The maximum atomic E-state index is 5.75. The summed E-state index contributed by atoms with van der Waals surface area (Å²) in [5, 5.41) is 4.98. The van der Waals surface area contributed by atoms with E-state index in [9.17, 15) is 0 Å². The summed E-state index contributed by atoms with van der Waals surface area (Å²) in [6.45, 7) is 2.20. The Labute approximate surface area is 101 Å². The van der Waals surface area contributed by atoms with Crippen molar-refractivity contribution in [3.8, 4) is 0 Å². The van der Waals surface area contributed by atoms with Crippen LogP contribution in [0.4, 0.5) is 0 Å². The molecule has 15 heavy (non-hydrogen) atoms. The van der Waals surface area contributed by atoms with E-state index in [2.05, 4.69) is 17.2 Å². The van der Waals surface area contributed by atoms with Gasteiger partial charge in [0.1, 0.15) is 0 Å². The normalized spacial score (nSPS) is 12.7. The molecule has 0 saturated carbocycles. The molecule has 0 radical (unpaired) electrons. The van der Waals surface area contributed by atoms with E-state index in [0.717, 1.165) is 10.8 Å². The fourth-order valence-electron chi connectivity index (χ4n) is 1.16. The van der Waals surface area contributed by atoms with Crippen molar-refractivity contribution in [1.29, 1.82) is 0 Å². The van der Waals surface area contributed by atoms with Gasteiger partial charge in [0.25, 0.3) is 0 Å². The lowest BCUT2D eigenvalue weighted by molar-refractivity contribution is 0.559. The van der Waals surface area contributed by atoms with Crippen molar-refractivity contribution < 1.29 is 0 Å². The molecule has 0 aromatic carbocycles. The molecule has 0 spiro atoms. The number of hydrogen-bond acceptors (Lipinski definition) is 3. The standard InChI is InChI=1S/C11H17ClN2S/c1-9(13-2)4-3-7-15-11-6-5-10(12)8-14-11/h5-6,8-9,13H,3-4,7H2,1-2H3. The molecule has 1 heterocycles. The van der Waals surface area contributed by atoms with Gasteiger partial charge in [-0.3, -0.25) is 0 Å². The minimum Gasteiger partial charge on any atom is -0.317 e.